The minimum atomic E-state index is -3.62. The first-order chi connectivity index (χ1) is 9.53. The molecule has 104 valence electrons. The fourth-order valence-electron chi connectivity index (χ4n) is 1.74. The number of para-hydroxylation sites is 1. The Morgan fingerprint density at radius 3 is 2.15 bits per heavy atom. The minimum absolute atomic E-state index is 0.00929. The standard InChI is InChI=1S/C15H15NO3S/c1-2-15(17)12-8-10-14(11-9-12)20(18,19)16-13-6-4-3-5-7-13/h3-11,16H,2H2,1H3. The Labute approximate surface area is 118 Å². The van der Waals surface area contributed by atoms with E-state index in [9.17, 15) is 13.2 Å². The molecule has 5 heteroatoms. The normalized spacial score (nSPS) is 11.1. The van der Waals surface area contributed by atoms with Crippen LogP contribution in [0.4, 0.5) is 5.69 Å². The summed E-state index contributed by atoms with van der Waals surface area (Å²) < 4.78 is 26.8. The molecule has 0 aliphatic rings. The van der Waals surface area contributed by atoms with Gasteiger partial charge in [0.15, 0.2) is 5.78 Å². The molecule has 2 aromatic carbocycles. The molecule has 0 fully saturated rings. The predicted molar refractivity (Wildman–Crippen MR) is 78.3 cm³/mol. The number of hydrogen-bond donors (Lipinski definition) is 1. The van der Waals surface area contributed by atoms with Crippen LogP contribution in [-0.4, -0.2) is 14.2 Å². The average molecular weight is 289 g/mol. The topological polar surface area (TPSA) is 63.2 Å². The van der Waals surface area contributed by atoms with Gasteiger partial charge in [-0.1, -0.05) is 37.3 Å². The second kappa shape index (κ2) is 5.88. The lowest BCUT2D eigenvalue weighted by Gasteiger charge is -2.08. The van der Waals surface area contributed by atoms with Gasteiger partial charge in [-0.25, -0.2) is 8.42 Å². The number of ketones is 1. The van der Waals surface area contributed by atoms with Crippen molar-refractivity contribution < 1.29 is 13.2 Å². The maximum atomic E-state index is 12.2. The number of anilines is 1. The van der Waals surface area contributed by atoms with Crippen molar-refractivity contribution in [2.45, 2.75) is 18.2 Å². The number of hydrogen-bond acceptors (Lipinski definition) is 3. The summed E-state index contributed by atoms with van der Waals surface area (Å²) in [6, 6.07) is 14.6. The zero-order valence-corrected chi connectivity index (χ0v) is 11.9. The molecule has 0 aliphatic carbocycles. The van der Waals surface area contributed by atoms with E-state index >= 15 is 0 Å². The molecule has 2 aromatic rings. The zero-order chi connectivity index (χ0) is 14.6. The van der Waals surface area contributed by atoms with Gasteiger partial charge in [0.05, 0.1) is 4.90 Å². The Hall–Kier alpha value is -2.14. The molecule has 0 atom stereocenters. The van der Waals surface area contributed by atoms with E-state index in [4.69, 9.17) is 0 Å². The molecule has 0 heterocycles. The molecule has 20 heavy (non-hydrogen) atoms. The molecule has 0 saturated heterocycles. The highest BCUT2D eigenvalue weighted by Gasteiger charge is 2.14. The lowest BCUT2D eigenvalue weighted by atomic mass is 10.1. The predicted octanol–water partition coefficient (Wildman–Crippen LogP) is 3.08. The van der Waals surface area contributed by atoms with Gasteiger partial charge in [0.2, 0.25) is 0 Å². The second-order valence-corrected chi connectivity index (χ2v) is 5.96. The molecule has 4 nitrogen and oxygen atoms in total. The number of rotatable bonds is 5. The molecule has 0 amide bonds. The monoisotopic (exact) mass is 289 g/mol. The fourth-order valence-corrected chi connectivity index (χ4v) is 2.80. The molecular weight excluding hydrogens is 274 g/mol. The summed E-state index contributed by atoms with van der Waals surface area (Å²) in [5.41, 5.74) is 1.02. The summed E-state index contributed by atoms with van der Waals surface area (Å²) >= 11 is 0. The lowest BCUT2D eigenvalue weighted by molar-refractivity contribution is 0.0988. The van der Waals surface area contributed by atoms with Crippen LogP contribution in [0.25, 0.3) is 0 Å². The molecule has 0 radical (unpaired) electrons. The fraction of sp³-hybridized carbons (Fsp3) is 0.133. The summed E-state index contributed by atoms with van der Waals surface area (Å²) in [5.74, 6) is -0.00929. The van der Waals surface area contributed by atoms with Crippen LogP contribution in [-0.2, 0) is 10.0 Å². The summed E-state index contributed by atoms with van der Waals surface area (Å²) in [5, 5.41) is 0. The summed E-state index contributed by atoms with van der Waals surface area (Å²) in [6.07, 6.45) is 0.397. The van der Waals surface area contributed by atoms with E-state index in [0.717, 1.165) is 0 Å². The first-order valence-corrected chi connectivity index (χ1v) is 7.72. The van der Waals surface area contributed by atoms with Gasteiger partial charge in [0.25, 0.3) is 10.0 Å². The summed E-state index contributed by atoms with van der Waals surface area (Å²) in [7, 11) is -3.62. The number of benzene rings is 2. The van der Waals surface area contributed by atoms with Crippen molar-refractivity contribution >= 4 is 21.5 Å². The SMILES string of the molecule is CCC(=O)c1ccc(S(=O)(=O)Nc2ccccc2)cc1. The molecule has 0 bridgehead atoms. The molecule has 0 aliphatic heterocycles. The van der Waals surface area contributed by atoms with Gasteiger partial charge in [0, 0.05) is 17.7 Å². The van der Waals surface area contributed by atoms with Gasteiger partial charge in [-0.2, -0.15) is 0 Å². The smallest absolute Gasteiger partial charge is 0.261 e. The van der Waals surface area contributed by atoms with E-state index < -0.39 is 10.0 Å². The third kappa shape index (κ3) is 3.24. The Kier molecular flexibility index (Phi) is 4.20. The van der Waals surface area contributed by atoms with Crippen LogP contribution in [0.1, 0.15) is 23.7 Å². The number of nitrogens with one attached hydrogen (secondary N) is 1. The van der Waals surface area contributed by atoms with Gasteiger partial charge < -0.3 is 0 Å². The van der Waals surface area contributed by atoms with Crippen molar-refractivity contribution in [3.8, 4) is 0 Å². The third-order valence-electron chi connectivity index (χ3n) is 2.83. The van der Waals surface area contributed by atoms with Gasteiger partial charge in [0.1, 0.15) is 0 Å². The van der Waals surface area contributed by atoms with Crippen LogP contribution in [0.5, 0.6) is 0 Å². The largest absolute Gasteiger partial charge is 0.294 e. The van der Waals surface area contributed by atoms with Crippen LogP contribution in [0.2, 0.25) is 0 Å². The molecule has 1 N–H and O–H groups in total. The minimum Gasteiger partial charge on any atom is -0.294 e. The first kappa shape index (κ1) is 14.3. The van der Waals surface area contributed by atoms with Gasteiger partial charge >= 0.3 is 0 Å². The van der Waals surface area contributed by atoms with Crippen molar-refractivity contribution in [1.82, 2.24) is 0 Å². The van der Waals surface area contributed by atoms with Crippen molar-refractivity contribution in [2.75, 3.05) is 4.72 Å². The number of sulfonamides is 1. The first-order valence-electron chi connectivity index (χ1n) is 6.24. The zero-order valence-electron chi connectivity index (χ0n) is 11.0. The highest BCUT2D eigenvalue weighted by molar-refractivity contribution is 7.92. The van der Waals surface area contributed by atoms with Crippen LogP contribution in [0.15, 0.2) is 59.5 Å². The van der Waals surface area contributed by atoms with E-state index in [2.05, 4.69) is 4.72 Å². The molecule has 0 unspecified atom stereocenters. The Balaban J connectivity index is 2.24. The van der Waals surface area contributed by atoms with Crippen molar-refractivity contribution in [3.05, 3.63) is 60.2 Å². The van der Waals surface area contributed by atoms with Gasteiger partial charge in [-0.15, -0.1) is 0 Å². The Bertz CT molecular complexity index is 692. The van der Waals surface area contributed by atoms with E-state index in [1.165, 1.54) is 24.3 Å². The molecule has 0 aromatic heterocycles. The summed E-state index contributed by atoms with van der Waals surface area (Å²) in [6.45, 7) is 1.77. The maximum absolute atomic E-state index is 12.2. The Morgan fingerprint density at radius 1 is 1.00 bits per heavy atom. The second-order valence-electron chi connectivity index (χ2n) is 4.27. The quantitative estimate of drug-likeness (QED) is 0.860. The van der Waals surface area contributed by atoms with Gasteiger partial charge in [-0.3, -0.25) is 9.52 Å². The van der Waals surface area contributed by atoms with Crippen LogP contribution < -0.4 is 4.72 Å². The third-order valence-corrected chi connectivity index (χ3v) is 4.23. The number of carbonyl (C=O) groups is 1. The van der Waals surface area contributed by atoms with E-state index in [0.29, 0.717) is 17.7 Å². The maximum Gasteiger partial charge on any atom is 0.261 e. The molecule has 0 saturated carbocycles. The average Bonchev–Trinajstić information content (AvgIpc) is 2.47. The van der Waals surface area contributed by atoms with Crippen molar-refractivity contribution in [3.63, 3.8) is 0 Å². The van der Waals surface area contributed by atoms with Crippen molar-refractivity contribution in [2.24, 2.45) is 0 Å². The van der Waals surface area contributed by atoms with E-state index in [1.54, 1.807) is 31.2 Å². The van der Waals surface area contributed by atoms with Crippen molar-refractivity contribution in [1.29, 1.82) is 0 Å². The number of carbonyl (C=O) groups excluding carboxylic acids is 1. The summed E-state index contributed by atoms with van der Waals surface area (Å²) in [4.78, 5) is 11.6. The Morgan fingerprint density at radius 2 is 1.60 bits per heavy atom. The van der Waals surface area contributed by atoms with E-state index in [-0.39, 0.29) is 10.7 Å². The van der Waals surface area contributed by atoms with Crippen LogP contribution >= 0.6 is 0 Å². The highest BCUT2D eigenvalue weighted by Crippen LogP contribution is 2.16. The molecule has 0 spiro atoms. The molecule has 2 rings (SSSR count). The highest BCUT2D eigenvalue weighted by atomic mass is 32.2. The van der Waals surface area contributed by atoms with Crippen LogP contribution in [0, 0.1) is 0 Å². The van der Waals surface area contributed by atoms with Gasteiger partial charge in [-0.05, 0) is 24.3 Å². The molecular formula is C15H15NO3S. The lowest BCUT2D eigenvalue weighted by Crippen LogP contribution is -2.13. The number of Topliss-reactive ketones (excluding diaryl/α,β-unsaturated/α-hetero) is 1. The van der Waals surface area contributed by atoms with Crippen LogP contribution in [0.3, 0.4) is 0 Å². The van der Waals surface area contributed by atoms with E-state index in [1.807, 2.05) is 6.07 Å².